The van der Waals surface area contributed by atoms with Gasteiger partial charge in [-0.1, -0.05) is 15.9 Å². The summed E-state index contributed by atoms with van der Waals surface area (Å²) >= 11 is 3.34. The van der Waals surface area contributed by atoms with Crippen molar-refractivity contribution in [2.24, 2.45) is 0 Å². The molecule has 1 heterocycles. The molecule has 88 valence electrons. The van der Waals surface area contributed by atoms with Crippen LogP contribution in [-0.2, 0) is 4.79 Å². The first-order valence-corrected chi connectivity index (χ1v) is 5.78. The Labute approximate surface area is 106 Å². The van der Waals surface area contributed by atoms with Crippen molar-refractivity contribution >= 4 is 38.7 Å². The van der Waals surface area contributed by atoms with Crippen LogP contribution in [0.15, 0.2) is 28.9 Å². The Balaban J connectivity index is 2.70. The first-order chi connectivity index (χ1) is 7.99. The highest BCUT2D eigenvalue weighted by Crippen LogP contribution is 2.30. The highest BCUT2D eigenvalue weighted by Gasteiger charge is 2.13. The zero-order chi connectivity index (χ0) is 12.6. The molecule has 0 aliphatic carbocycles. The predicted octanol–water partition coefficient (Wildman–Crippen LogP) is 2.99. The van der Waals surface area contributed by atoms with Crippen LogP contribution in [0.3, 0.4) is 0 Å². The van der Waals surface area contributed by atoms with E-state index in [-0.39, 0.29) is 5.91 Å². The van der Waals surface area contributed by atoms with Crippen molar-refractivity contribution in [2.75, 3.05) is 0 Å². The van der Waals surface area contributed by atoms with Gasteiger partial charge in [-0.25, -0.2) is 0 Å². The summed E-state index contributed by atoms with van der Waals surface area (Å²) in [6.07, 6.45) is 1.53. The second-order valence-corrected chi connectivity index (χ2v) is 4.55. The lowest BCUT2D eigenvalue weighted by Crippen LogP contribution is -2.03. The molecule has 0 atom stereocenters. The molecule has 0 radical (unpaired) electrons. The Morgan fingerprint density at radius 3 is 2.59 bits per heavy atom. The topological polar surface area (TPSA) is 48.3 Å². The van der Waals surface area contributed by atoms with Gasteiger partial charge in [-0.3, -0.25) is 14.2 Å². The molecule has 0 spiro atoms. The molecule has 0 aliphatic heterocycles. The number of hydrogen-bond acceptors (Lipinski definition) is 3. The molecule has 0 saturated heterocycles. The average molecular weight is 296 g/mol. The quantitative estimate of drug-likeness (QED) is 0.760. The molecular formula is C12H10BrNO3. The number of rotatable bonds is 1. The molecule has 0 saturated carbocycles. The maximum absolute atomic E-state index is 11.5. The fourth-order valence-corrected chi connectivity index (χ4v) is 2.01. The minimum absolute atomic E-state index is 0.133. The fourth-order valence-electron chi connectivity index (χ4n) is 1.67. The number of aromatic nitrogens is 1. The summed E-state index contributed by atoms with van der Waals surface area (Å²) in [6, 6.07) is 5.45. The lowest BCUT2D eigenvalue weighted by molar-refractivity contribution is -0.131. The van der Waals surface area contributed by atoms with E-state index >= 15 is 0 Å². The number of nitrogens with zero attached hydrogens (tertiary/aromatic N) is 1. The number of ether oxygens (including phenoxy) is 1. The van der Waals surface area contributed by atoms with Crippen molar-refractivity contribution in [1.82, 2.24) is 4.57 Å². The summed E-state index contributed by atoms with van der Waals surface area (Å²) in [5.74, 6) is -0.141. The maximum Gasteiger partial charge on any atom is 0.308 e. The molecule has 0 N–H and O–H groups in total. The van der Waals surface area contributed by atoms with Crippen LogP contribution in [0, 0.1) is 0 Å². The number of benzene rings is 1. The van der Waals surface area contributed by atoms with Crippen molar-refractivity contribution < 1.29 is 14.3 Å². The Morgan fingerprint density at radius 2 is 2.00 bits per heavy atom. The predicted molar refractivity (Wildman–Crippen MR) is 67.2 cm³/mol. The second-order valence-electron chi connectivity index (χ2n) is 3.64. The van der Waals surface area contributed by atoms with Crippen LogP contribution in [-0.4, -0.2) is 16.4 Å². The Morgan fingerprint density at radius 1 is 1.29 bits per heavy atom. The van der Waals surface area contributed by atoms with Gasteiger partial charge in [-0.05, 0) is 18.2 Å². The van der Waals surface area contributed by atoms with Crippen molar-refractivity contribution in [2.45, 2.75) is 13.8 Å². The number of carbonyl (C=O) groups is 2. The van der Waals surface area contributed by atoms with Crippen molar-refractivity contribution in [3.8, 4) is 5.75 Å². The van der Waals surface area contributed by atoms with E-state index in [0.29, 0.717) is 11.3 Å². The maximum atomic E-state index is 11.5. The normalized spacial score (nSPS) is 10.5. The minimum Gasteiger partial charge on any atom is -0.424 e. The molecule has 1 aromatic heterocycles. The number of fused-ring (bicyclic) bond motifs is 1. The zero-order valence-corrected chi connectivity index (χ0v) is 10.9. The van der Waals surface area contributed by atoms with Gasteiger partial charge >= 0.3 is 5.97 Å². The molecule has 0 fully saturated rings. The number of halogens is 1. The lowest BCUT2D eigenvalue weighted by atomic mass is 10.2. The highest BCUT2D eigenvalue weighted by molar-refractivity contribution is 9.10. The lowest BCUT2D eigenvalue weighted by Gasteiger charge is -1.98. The van der Waals surface area contributed by atoms with Gasteiger partial charge in [0.25, 0.3) is 0 Å². The van der Waals surface area contributed by atoms with Crippen LogP contribution >= 0.6 is 15.9 Å². The molecule has 0 bridgehead atoms. The molecule has 1 aromatic carbocycles. The van der Waals surface area contributed by atoms with Gasteiger partial charge in [0.1, 0.15) is 0 Å². The molecule has 4 nitrogen and oxygen atoms in total. The molecule has 0 unspecified atom stereocenters. The minimum atomic E-state index is -0.407. The third-order valence-electron chi connectivity index (χ3n) is 2.32. The number of carbonyl (C=O) groups excluding carboxylic acids is 2. The molecule has 2 rings (SSSR count). The van der Waals surface area contributed by atoms with Gasteiger partial charge in [0.2, 0.25) is 5.91 Å². The van der Waals surface area contributed by atoms with E-state index in [2.05, 4.69) is 15.9 Å². The van der Waals surface area contributed by atoms with Gasteiger partial charge in [0.15, 0.2) is 5.75 Å². The van der Waals surface area contributed by atoms with Gasteiger partial charge in [-0.2, -0.15) is 0 Å². The van der Waals surface area contributed by atoms with Crippen LogP contribution in [0.25, 0.3) is 10.9 Å². The third kappa shape index (κ3) is 2.24. The van der Waals surface area contributed by atoms with Crippen LogP contribution < -0.4 is 4.74 Å². The smallest absolute Gasteiger partial charge is 0.308 e. The molecular weight excluding hydrogens is 286 g/mol. The Hall–Kier alpha value is -1.62. The summed E-state index contributed by atoms with van der Waals surface area (Å²) in [7, 11) is 0. The van der Waals surface area contributed by atoms with Crippen LogP contribution in [0.5, 0.6) is 5.75 Å². The number of esters is 1. The van der Waals surface area contributed by atoms with E-state index in [9.17, 15) is 9.59 Å². The highest BCUT2D eigenvalue weighted by atomic mass is 79.9. The molecule has 2 aromatic rings. The summed E-state index contributed by atoms with van der Waals surface area (Å²) in [5, 5.41) is 0.735. The Bertz CT molecular complexity index is 615. The van der Waals surface area contributed by atoms with Crippen LogP contribution in [0.1, 0.15) is 18.6 Å². The van der Waals surface area contributed by atoms with E-state index in [0.717, 1.165) is 9.86 Å². The van der Waals surface area contributed by atoms with Crippen molar-refractivity contribution in [3.05, 3.63) is 28.9 Å². The Kier molecular flexibility index (Phi) is 3.02. The van der Waals surface area contributed by atoms with Crippen molar-refractivity contribution in [1.29, 1.82) is 0 Å². The third-order valence-corrected chi connectivity index (χ3v) is 2.82. The fraction of sp³-hybridized carbons (Fsp3) is 0.167. The molecule has 0 amide bonds. The van der Waals surface area contributed by atoms with Crippen LogP contribution in [0.2, 0.25) is 0 Å². The first-order valence-electron chi connectivity index (χ1n) is 4.99. The summed E-state index contributed by atoms with van der Waals surface area (Å²) in [6.45, 7) is 2.79. The van der Waals surface area contributed by atoms with E-state index in [1.807, 2.05) is 12.1 Å². The summed E-state index contributed by atoms with van der Waals surface area (Å²) in [5.41, 5.74) is 0.711. The summed E-state index contributed by atoms with van der Waals surface area (Å²) < 4.78 is 7.39. The van der Waals surface area contributed by atoms with Gasteiger partial charge in [0.05, 0.1) is 11.7 Å². The average Bonchev–Trinajstić information content (AvgIpc) is 2.55. The van der Waals surface area contributed by atoms with Crippen molar-refractivity contribution in [3.63, 3.8) is 0 Å². The van der Waals surface area contributed by atoms with E-state index < -0.39 is 5.97 Å². The van der Waals surface area contributed by atoms with Gasteiger partial charge < -0.3 is 4.74 Å². The van der Waals surface area contributed by atoms with E-state index in [1.165, 1.54) is 24.6 Å². The zero-order valence-electron chi connectivity index (χ0n) is 9.36. The van der Waals surface area contributed by atoms with Gasteiger partial charge in [0, 0.05) is 23.7 Å². The van der Waals surface area contributed by atoms with Crippen LogP contribution in [0.4, 0.5) is 0 Å². The number of hydrogen-bond donors (Lipinski definition) is 0. The SMILES string of the molecule is CC(=O)Oc1cn(C(C)=O)c2cc(Br)ccc12. The molecule has 5 heteroatoms. The molecule has 0 aliphatic rings. The standard InChI is InChI=1S/C12H10BrNO3/c1-7(15)14-6-12(17-8(2)16)10-4-3-9(13)5-11(10)14/h3-6H,1-2H3. The van der Waals surface area contributed by atoms with E-state index in [4.69, 9.17) is 4.74 Å². The van der Waals surface area contributed by atoms with E-state index in [1.54, 1.807) is 6.07 Å². The second kappa shape index (κ2) is 4.33. The largest absolute Gasteiger partial charge is 0.424 e. The molecule has 17 heavy (non-hydrogen) atoms. The summed E-state index contributed by atoms with van der Waals surface area (Å²) in [4.78, 5) is 22.5. The monoisotopic (exact) mass is 295 g/mol. The first kappa shape index (κ1) is 11.9. The van der Waals surface area contributed by atoms with Gasteiger partial charge in [-0.15, -0.1) is 0 Å².